The standard InChI is InChI=1S/C21H30N2O/c1-17-11-13-23(14-12-17)16-19-9-7-18(8-10-19)15-22-21(24)20-5-3-2-4-6-20/h2-3,7-10,17,20H,4-6,11-16H2,1H3,(H,22,24). The molecule has 1 aromatic rings. The lowest BCUT2D eigenvalue weighted by molar-refractivity contribution is -0.125. The topological polar surface area (TPSA) is 32.3 Å². The van der Waals surface area contributed by atoms with Crippen LogP contribution in [-0.2, 0) is 17.9 Å². The number of carbonyl (C=O) groups excluding carboxylic acids is 1. The summed E-state index contributed by atoms with van der Waals surface area (Å²) in [5.41, 5.74) is 2.56. The molecule has 1 aromatic carbocycles. The lowest BCUT2D eigenvalue weighted by Crippen LogP contribution is -2.32. The number of piperidine rings is 1. The van der Waals surface area contributed by atoms with Crippen molar-refractivity contribution in [2.24, 2.45) is 11.8 Å². The van der Waals surface area contributed by atoms with Crippen molar-refractivity contribution in [3.05, 3.63) is 47.5 Å². The van der Waals surface area contributed by atoms with Crippen LogP contribution in [0.4, 0.5) is 0 Å². The summed E-state index contributed by atoms with van der Waals surface area (Å²) in [6.45, 7) is 6.47. The minimum atomic E-state index is 0.163. The van der Waals surface area contributed by atoms with Gasteiger partial charge in [-0.05, 0) is 62.2 Å². The molecule has 1 saturated heterocycles. The van der Waals surface area contributed by atoms with E-state index in [-0.39, 0.29) is 11.8 Å². The van der Waals surface area contributed by atoms with Gasteiger partial charge < -0.3 is 5.32 Å². The number of hydrogen-bond donors (Lipinski definition) is 1. The molecule has 130 valence electrons. The molecule has 0 bridgehead atoms. The van der Waals surface area contributed by atoms with Crippen LogP contribution in [-0.4, -0.2) is 23.9 Å². The van der Waals surface area contributed by atoms with Crippen molar-refractivity contribution >= 4 is 5.91 Å². The second-order valence-corrected chi connectivity index (χ2v) is 7.47. The van der Waals surface area contributed by atoms with Crippen LogP contribution in [0, 0.1) is 11.8 Å². The average molecular weight is 326 g/mol. The van der Waals surface area contributed by atoms with Crippen molar-refractivity contribution in [1.29, 1.82) is 0 Å². The Hall–Kier alpha value is -1.61. The normalized spacial score (nSPS) is 22.5. The zero-order valence-electron chi connectivity index (χ0n) is 14.8. The summed E-state index contributed by atoms with van der Waals surface area (Å²) in [4.78, 5) is 14.7. The lowest BCUT2D eigenvalue weighted by Gasteiger charge is -2.30. The van der Waals surface area contributed by atoms with Crippen LogP contribution in [0.2, 0.25) is 0 Å². The maximum Gasteiger partial charge on any atom is 0.223 e. The second kappa shape index (κ2) is 8.48. The molecule has 0 radical (unpaired) electrons. The van der Waals surface area contributed by atoms with Crippen LogP contribution in [0.15, 0.2) is 36.4 Å². The van der Waals surface area contributed by atoms with Gasteiger partial charge in [-0.25, -0.2) is 0 Å². The molecule has 1 aliphatic heterocycles. The van der Waals surface area contributed by atoms with Crippen molar-refractivity contribution in [3.63, 3.8) is 0 Å². The first-order valence-electron chi connectivity index (χ1n) is 9.43. The molecule has 0 aromatic heterocycles. The van der Waals surface area contributed by atoms with Gasteiger partial charge in [0.25, 0.3) is 0 Å². The predicted octanol–water partition coefficient (Wildman–Crippen LogP) is 3.89. The van der Waals surface area contributed by atoms with Gasteiger partial charge in [-0.15, -0.1) is 0 Å². The largest absolute Gasteiger partial charge is 0.352 e. The average Bonchev–Trinajstić information content (AvgIpc) is 2.63. The molecule has 1 fully saturated rings. The van der Waals surface area contributed by atoms with Crippen LogP contribution in [0.1, 0.15) is 50.2 Å². The highest BCUT2D eigenvalue weighted by molar-refractivity contribution is 5.78. The van der Waals surface area contributed by atoms with Crippen LogP contribution < -0.4 is 5.32 Å². The van der Waals surface area contributed by atoms with Gasteiger partial charge in [0.15, 0.2) is 0 Å². The van der Waals surface area contributed by atoms with Gasteiger partial charge >= 0.3 is 0 Å². The summed E-state index contributed by atoms with van der Waals surface area (Å²) in [7, 11) is 0. The molecule has 24 heavy (non-hydrogen) atoms. The Morgan fingerprint density at radius 2 is 1.79 bits per heavy atom. The molecule has 3 rings (SSSR count). The zero-order chi connectivity index (χ0) is 16.8. The second-order valence-electron chi connectivity index (χ2n) is 7.47. The first kappa shape index (κ1) is 17.2. The minimum absolute atomic E-state index is 0.163. The molecule has 3 nitrogen and oxygen atoms in total. The third-order valence-electron chi connectivity index (χ3n) is 5.41. The third kappa shape index (κ3) is 4.94. The Morgan fingerprint density at radius 1 is 1.08 bits per heavy atom. The molecule has 1 unspecified atom stereocenters. The van der Waals surface area contributed by atoms with E-state index in [9.17, 15) is 4.79 Å². The highest BCUT2D eigenvalue weighted by Gasteiger charge is 2.18. The third-order valence-corrected chi connectivity index (χ3v) is 5.41. The number of benzene rings is 1. The fraction of sp³-hybridized carbons (Fsp3) is 0.571. The first-order chi connectivity index (χ1) is 11.7. The van der Waals surface area contributed by atoms with Gasteiger partial charge in [0.2, 0.25) is 5.91 Å². The van der Waals surface area contributed by atoms with Crippen molar-refractivity contribution in [3.8, 4) is 0 Å². The fourth-order valence-electron chi connectivity index (χ4n) is 3.61. The Morgan fingerprint density at radius 3 is 2.46 bits per heavy atom. The number of hydrogen-bond acceptors (Lipinski definition) is 2. The van der Waals surface area contributed by atoms with E-state index in [2.05, 4.69) is 53.6 Å². The van der Waals surface area contributed by atoms with E-state index in [0.717, 1.165) is 31.7 Å². The smallest absolute Gasteiger partial charge is 0.223 e. The molecule has 1 N–H and O–H groups in total. The molecule has 2 aliphatic rings. The Labute approximate surface area is 146 Å². The number of nitrogens with one attached hydrogen (secondary N) is 1. The van der Waals surface area contributed by atoms with E-state index in [4.69, 9.17) is 0 Å². The van der Waals surface area contributed by atoms with Gasteiger partial charge in [0, 0.05) is 19.0 Å². The molecule has 1 heterocycles. The summed E-state index contributed by atoms with van der Waals surface area (Å²) in [5, 5.41) is 3.09. The predicted molar refractivity (Wildman–Crippen MR) is 98.4 cm³/mol. The molecule has 0 saturated carbocycles. The van der Waals surface area contributed by atoms with Gasteiger partial charge in [-0.1, -0.05) is 43.3 Å². The molecule has 1 atom stereocenters. The first-order valence-corrected chi connectivity index (χ1v) is 9.43. The number of amides is 1. The van der Waals surface area contributed by atoms with Gasteiger partial charge in [0.1, 0.15) is 0 Å². The lowest BCUT2D eigenvalue weighted by atomic mass is 9.93. The van der Waals surface area contributed by atoms with E-state index >= 15 is 0 Å². The van der Waals surface area contributed by atoms with Crippen molar-refractivity contribution < 1.29 is 4.79 Å². The summed E-state index contributed by atoms with van der Waals surface area (Å²) in [6.07, 6.45) is 9.84. The monoisotopic (exact) mass is 326 g/mol. The Kier molecular flexibility index (Phi) is 6.08. The summed E-state index contributed by atoms with van der Waals surface area (Å²) in [6, 6.07) is 8.73. The van der Waals surface area contributed by atoms with Gasteiger partial charge in [-0.3, -0.25) is 9.69 Å². The van der Waals surface area contributed by atoms with E-state index in [1.807, 2.05) is 0 Å². The highest BCUT2D eigenvalue weighted by Crippen LogP contribution is 2.19. The van der Waals surface area contributed by atoms with E-state index < -0.39 is 0 Å². The highest BCUT2D eigenvalue weighted by atomic mass is 16.1. The summed E-state index contributed by atoms with van der Waals surface area (Å²) >= 11 is 0. The Balaban J connectivity index is 1.44. The molecule has 0 spiro atoms. The van der Waals surface area contributed by atoms with Crippen molar-refractivity contribution in [2.45, 2.75) is 52.1 Å². The van der Waals surface area contributed by atoms with Gasteiger partial charge in [0.05, 0.1) is 0 Å². The van der Waals surface area contributed by atoms with Gasteiger partial charge in [-0.2, -0.15) is 0 Å². The number of carbonyl (C=O) groups is 1. The number of nitrogens with zero attached hydrogens (tertiary/aromatic N) is 1. The fourth-order valence-corrected chi connectivity index (χ4v) is 3.61. The van der Waals surface area contributed by atoms with Crippen molar-refractivity contribution in [2.75, 3.05) is 13.1 Å². The maximum atomic E-state index is 12.2. The maximum absolute atomic E-state index is 12.2. The molecule has 1 aliphatic carbocycles. The summed E-state index contributed by atoms with van der Waals surface area (Å²) < 4.78 is 0. The molecule has 1 amide bonds. The Bertz CT molecular complexity index is 556. The minimum Gasteiger partial charge on any atom is -0.352 e. The van der Waals surface area contributed by atoms with E-state index in [1.165, 1.54) is 37.1 Å². The molecule has 3 heteroatoms. The SMILES string of the molecule is CC1CCN(Cc2ccc(CNC(=O)C3CC=CCC3)cc2)CC1. The van der Waals surface area contributed by atoms with E-state index in [0.29, 0.717) is 6.54 Å². The van der Waals surface area contributed by atoms with Crippen LogP contribution in [0.3, 0.4) is 0 Å². The number of allylic oxidation sites excluding steroid dienone is 2. The molecular formula is C21H30N2O. The number of rotatable bonds is 5. The van der Waals surface area contributed by atoms with Crippen LogP contribution in [0.25, 0.3) is 0 Å². The summed E-state index contributed by atoms with van der Waals surface area (Å²) in [5.74, 6) is 1.24. The number of likely N-dealkylation sites (tertiary alicyclic amines) is 1. The van der Waals surface area contributed by atoms with Crippen molar-refractivity contribution in [1.82, 2.24) is 10.2 Å². The zero-order valence-corrected chi connectivity index (χ0v) is 14.8. The van der Waals surface area contributed by atoms with E-state index in [1.54, 1.807) is 0 Å². The van der Waals surface area contributed by atoms with Crippen LogP contribution >= 0.6 is 0 Å². The molecular weight excluding hydrogens is 296 g/mol. The quantitative estimate of drug-likeness (QED) is 0.833. The van der Waals surface area contributed by atoms with Crippen LogP contribution in [0.5, 0.6) is 0 Å².